The van der Waals surface area contributed by atoms with Gasteiger partial charge in [0.2, 0.25) is 5.91 Å². The molecule has 0 radical (unpaired) electrons. The number of H-pyrrole nitrogens is 1. The lowest BCUT2D eigenvalue weighted by Gasteiger charge is -2.06. The molecule has 1 heterocycles. The topological polar surface area (TPSA) is 110 Å². The Morgan fingerprint density at radius 1 is 1.61 bits per heavy atom. The van der Waals surface area contributed by atoms with E-state index in [1.807, 2.05) is 25.1 Å². The van der Waals surface area contributed by atoms with Gasteiger partial charge in [0.25, 0.3) is 0 Å². The first kappa shape index (κ1) is 12.7. The predicted octanol–water partition coefficient (Wildman–Crippen LogP) is 0.863. The van der Waals surface area contributed by atoms with Crippen LogP contribution in [0.2, 0.25) is 0 Å². The van der Waals surface area contributed by atoms with E-state index in [1.165, 1.54) is 11.8 Å². The van der Waals surface area contributed by atoms with Gasteiger partial charge in [-0.15, -0.1) is 0 Å². The van der Waals surface area contributed by atoms with E-state index in [9.17, 15) is 4.79 Å². The molecule has 0 bridgehead atoms. The summed E-state index contributed by atoms with van der Waals surface area (Å²) in [5.41, 5.74) is 10.3. The van der Waals surface area contributed by atoms with Crippen molar-refractivity contribution in [3.05, 3.63) is 18.2 Å². The molecule has 1 aromatic heterocycles. The molecule has 0 saturated carbocycles. The number of aromatic amines is 1. The molecule has 0 fully saturated rings. The summed E-state index contributed by atoms with van der Waals surface area (Å²) in [7, 11) is 0. The van der Waals surface area contributed by atoms with Crippen molar-refractivity contribution in [2.75, 3.05) is 11.5 Å². The highest BCUT2D eigenvalue weighted by atomic mass is 32.2. The summed E-state index contributed by atoms with van der Waals surface area (Å²) >= 11 is 1.48. The maximum atomic E-state index is 11.3. The van der Waals surface area contributed by atoms with E-state index in [0.717, 1.165) is 16.2 Å². The van der Waals surface area contributed by atoms with Crippen molar-refractivity contribution in [1.82, 2.24) is 15.4 Å². The van der Waals surface area contributed by atoms with E-state index < -0.39 is 0 Å². The van der Waals surface area contributed by atoms with Crippen molar-refractivity contribution in [3.8, 4) is 0 Å². The fourth-order valence-corrected chi connectivity index (χ4v) is 2.40. The number of carbonyl (C=O) groups is 1. The molecule has 96 valence electrons. The Kier molecular flexibility index (Phi) is 3.73. The van der Waals surface area contributed by atoms with E-state index in [-0.39, 0.29) is 11.8 Å². The van der Waals surface area contributed by atoms with Crippen LogP contribution in [0, 0.1) is 5.92 Å². The molecule has 7 heteroatoms. The lowest BCUT2D eigenvalue weighted by molar-refractivity contribution is -0.123. The first-order valence-corrected chi connectivity index (χ1v) is 6.47. The average molecular weight is 265 g/mol. The Bertz CT molecular complexity index is 568. The summed E-state index contributed by atoms with van der Waals surface area (Å²) in [6, 6.07) is 5.51. The number of carbonyl (C=O) groups excluding carboxylic acids is 1. The third-order valence-electron chi connectivity index (χ3n) is 2.54. The van der Waals surface area contributed by atoms with Crippen LogP contribution in [0.4, 0.5) is 5.69 Å². The quantitative estimate of drug-likeness (QED) is 0.215. The minimum atomic E-state index is -0.178. The molecular formula is C11H15N5OS. The first-order chi connectivity index (χ1) is 8.60. The largest absolute Gasteiger partial charge is 0.399 e. The summed E-state index contributed by atoms with van der Waals surface area (Å²) < 4.78 is 0. The molecular weight excluding hydrogens is 250 g/mol. The van der Waals surface area contributed by atoms with Crippen LogP contribution in [-0.4, -0.2) is 21.6 Å². The van der Waals surface area contributed by atoms with Gasteiger partial charge in [0, 0.05) is 17.4 Å². The van der Waals surface area contributed by atoms with Crippen LogP contribution in [-0.2, 0) is 4.79 Å². The van der Waals surface area contributed by atoms with Crippen molar-refractivity contribution >= 4 is 34.4 Å². The molecule has 1 atom stereocenters. The van der Waals surface area contributed by atoms with Crippen molar-refractivity contribution < 1.29 is 4.79 Å². The maximum Gasteiger partial charge on any atom is 0.237 e. The smallest absolute Gasteiger partial charge is 0.237 e. The van der Waals surface area contributed by atoms with E-state index in [0.29, 0.717) is 11.4 Å². The molecule has 1 aromatic carbocycles. The highest BCUT2D eigenvalue weighted by Crippen LogP contribution is 2.22. The second-order valence-corrected chi connectivity index (χ2v) is 5.05. The molecule has 0 saturated heterocycles. The number of fused-ring (bicyclic) bond motifs is 1. The zero-order valence-corrected chi connectivity index (χ0v) is 10.8. The number of nitrogen functional groups attached to an aromatic ring is 1. The Morgan fingerprint density at radius 3 is 3.11 bits per heavy atom. The molecule has 6 N–H and O–H groups in total. The van der Waals surface area contributed by atoms with Crippen LogP contribution >= 0.6 is 11.8 Å². The lowest BCUT2D eigenvalue weighted by atomic mass is 10.2. The summed E-state index contributed by atoms with van der Waals surface area (Å²) in [5, 5.41) is 0.771. The fraction of sp³-hybridized carbons (Fsp3) is 0.273. The number of rotatable bonds is 4. The molecule has 2 rings (SSSR count). The number of amides is 1. The normalized spacial score (nSPS) is 12.6. The van der Waals surface area contributed by atoms with Gasteiger partial charge in [-0.3, -0.25) is 10.2 Å². The molecule has 18 heavy (non-hydrogen) atoms. The van der Waals surface area contributed by atoms with Crippen LogP contribution in [0.1, 0.15) is 6.92 Å². The summed E-state index contributed by atoms with van der Waals surface area (Å²) in [6.45, 7) is 1.82. The number of nitrogens with two attached hydrogens (primary N) is 2. The van der Waals surface area contributed by atoms with Gasteiger partial charge in [-0.25, -0.2) is 10.8 Å². The second kappa shape index (κ2) is 5.28. The number of nitrogens with one attached hydrogen (secondary N) is 2. The van der Waals surface area contributed by atoms with Crippen LogP contribution < -0.4 is 17.0 Å². The molecule has 2 aromatic rings. The fourth-order valence-electron chi connectivity index (χ4n) is 1.49. The number of nitrogens with zero attached hydrogens (tertiary/aromatic N) is 1. The van der Waals surface area contributed by atoms with Crippen LogP contribution in [0.25, 0.3) is 11.0 Å². The van der Waals surface area contributed by atoms with Gasteiger partial charge >= 0.3 is 0 Å². The number of anilines is 1. The third-order valence-corrected chi connectivity index (χ3v) is 3.68. The Balaban J connectivity index is 2.06. The number of hydrazine groups is 1. The highest BCUT2D eigenvalue weighted by molar-refractivity contribution is 7.99. The summed E-state index contributed by atoms with van der Waals surface area (Å²) in [6.07, 6.45) is 0. The van der Waals surface area contributed by atoms with Crippen molar-refractivity contribution in [2.45, 2.75) is 12.1 Å². The number of aromatic nitrogens is 2. The van der Waals surface area contributed by atoms with Gasteiger partial charge in [-0.2, -0.15) is 0 Å². The molecule has 0 spiro atoms. The van der Waals surface area contributed by atoms with Crippen molar-refractivity contribution in [2.24, 2.45) is 11.8 Å². The monoisotopic (exact) mass is 265 g/mol. The highest BCUT2D eigenvalue weighted by Gasteiger charge is 2.13. The minimum absolute atomic E-state index is 0.168. The van der Waals surface area contributed by atoms with Crippen molar-refractivity contribution in [1.29, 1.82) is 0 Å². The van der Waals surface area contributed by atoms with Gasteiger partial charge in [0.1, 0.15) is 0 Å². The first-order valence-electron chi connectivity index (χ1n) is 5.48. The molecule has 1 unspecified atom stereocenters. The van der Waals surface area contributed by atoms with E-state index >= 15 is 0 Å². The van der Waals surface area contributed by atoms with E-state index in [2.05, 4.69) is 15.4 Å². The number of thioether (sulfide) groups is 1. The van der Waals surface area contributed by atoms with Gasteiger partial charge in [0.05, 0.1) is 11.0 Å². The Morgan fingerprint density at radius 2 is 2.39 bits per heavy atom. The summed E-state index contributed by atoms with van der Waals surface area (Å²) in [4.78, 5) is 18.8. The van der Waals surface area contributed by atoms with Crippen LogP contribution in [0.15, 0.2) is 23.4 Å². The SMILES string of the molecule is CC(CSc1nc2ccc(N)cc2[nH]1)C(=O)NN. The molecule has 6 nitrogen and oxygen atoms in total. The van der Waals surface area contributed by atoms with E-state index in [1.54, 1.807) is 0 Å². The van der Waals surface area contributed by atoms with Gasteiger partial charge < -0.3 is 10.7 Å². The van der Waals surface area contributed by atoms with Gasteiger partial charge in [0.15, 0.2) is 5.16 Å². The molecule has 0 aliphatic heterocycles. The van der Waals surface area contributed by atoms with Crippen LogP contribution in [0.3, 0.4) is 0 Å². The average Bonchev–Trinajstić information content (AvgIpc) is 2.76. The zero-order valence-electron chi connectivity index (χ0n) is 9.93. The Labute approximate surface area is 108 Å². The third kappa shape index (κ3) is 2.74. The van der Waals surface area contributed by atoms with Crippen molar-refractivity contribution in [3.63, 3.8) is 0 Å². The van der Waals surface area contributed by atoms with Gasteiger partial charge in [-0.1, -0.05) is 18.7 Å². The molecule has 0 aliphatic carbocycles. The number of hydrogen-bond donors (Lipinski definition) is 4. The van der Waals surface area contributed by atoms with E-state index in [4.69, 9.17) is 11.6 Å². The molecule has 1 amide bonds. The Hall–Kier alpha value is -1.73. The van der Waals surface area contributed by atoms with Crippen LogP contribution in [0.5, 0.6) is 0 Å². The standard InChI is InChI=1S/C11H15N5OS/c1-6(10(17)16-13)5-18-11-14-8-3-2-7(12)4-9(8)15-11/h2-4,6H,5,12-13H2,1H3,(H,14,15)(H,16,17). The minimum Gasteiger partial charge on any atom is -0.399 e. The zero-order chi connectivity index (χ0) is 13.1. The maximum absolute atomic E-state index is 11.3. The molecule has 0 aliphatic rings. The summed E-state index contributed by atoms with van der Waals surface area (Å²) in [5.74, 6) is 5.34. The second-order valence-electron chi connectivity index (χ2n) is 4.04. The van der Waals surface area contributed by atoms with Gasteiger partial charge in [-0.05, 0) is 18.2 Å². The number of benzene rings is 1. The number of hydrogen-bond acceptors (Lipinski definition) is 5. The number of imidazole rings is 1. The predicted molar refractivity (Wildman–Crippen MR) is 72.7 cm³/mol. The lowest BCUT2D eigenvalue weighted by Crippen LogP contribution is -2.35.